The van der Waals surface area contributed by atoms with E-state index in [0.29, 0.717) is 5.54 Å². The minimum atomic E-state index is 0.553. The van der Waals surface area contributed by atoms with Crippen molar-refractivity contribution < 1.29 is 0 Å². The Morgan fingerprint density at radius 2 is 1.89 bits per heavy atom. The van der Waals surface area contributed by atoms with Crippen LogP contribution in [0.3, 0.4) is 0 Å². The molecule has 2 bridgehead atoms. The molecule has 0 amide bonds. The third-order valence-corrected chi connectivity index (χ3v) is 6.67. The van der Waals surface area contributed by atoms with Gasteiger partial charge in [-0.3, -0.25) is 9.80 Å². The molecule has 4 atom stereocenters. The molecule has 0 spiro atoms. The van der Waals surface area contributed by atoms with Crippen molar-refractivity contribution in [2.45, 2.75) is 63.5 Å². The topological polar surface area (TPSA) is 6.48 Å². The Bertz CT molecular complexity index is 329. The summed E-state index contributed by atoms with van der Waals surface area (Å²) in [6, 6.07) is 0.946. The zero-order valence-corrected chi connectivity index (χ0v) is 11.9. The van der Waals surface area contributed by atoms with Gasteiger partial charge >= 0.3 is 0 Å². The average molecular weight is 248 g/mol. The zero-order valence-electron chi connectivity index (χ0n) is 11.9. The number of piperidine rings is 4. The molecular formula is C16H28N2. The van der Waals surface area contributed by atoms with Gasteiger partial charge in [0.2, 0.25) is 0 Å². The van der Waals surface area contributed by atoms with Crippen molar-refractivity contribution in [3.8, 4) is 0 Å². The summed E-state index contributed by atoms with van der Waals surface area (Å²) in [6.07, 6.45) is 10.3. The third kappa shape index (κ3) is 1.61. The predicted molar refractivity (Wildman–Crippen MR) is 74.6 cm³/mol. The zero-order chi connectivity index (χ0) is 12.2. The van der Waals surface area contributed by atoms with Crippen LogP contribution in [-0.4, -0.2) is 47.6 Å². The van der Waals surface area contributed by atoms with Crippen LogP contribution >= 0.6 is 0 Å². The fraction of sp³-hybridized carbons (Fsp3) is 1.00. The second-order valence-corrected chi connectivity index (χ2v) is 7.51. The highest BCUT2D eigenvalue weighted by atomic mass is 15.3. The number of hydrogen-bond acceptors (Lipinski definition) is 2. The van der Waals surface area contributed by atoms with E-state index in [9.17, 15) is 0 Å². The van der Waals surface area contributed by atoms with Gasteiger partial charge in [0.15, 0.2) is 0 Å². The lowest BCUT2D eigenvalue weighted by molar-refractivity contribution is -0.116. The molecule has 0 N–H and O–H groups in total. The minimum absolute atomic E-state index is 0.553. The van der Waals surface area contributed by atoms with Gasteiger partial charge in [-0.05, 0) is 64.0 Å². The largest absolute Gasteiger partial charge is 0.300 e. The smallest absolute Gasteiger partial charge is 0.0222 e. The lowest BCUT2D eigenvalue weighted by atomic mass is 9.65. The summed E-state index contributed by atoms with van der Waals surface area (Å²) in [4.78, 5) is 5.76. The normalized spacial score (nSPS) is 49.5. The molecule has 4 unspecified atom stereocenters. The Labute approximate surface area is 112 Å². The van der Waals surface area contributed by atoms with E-state index in [1.807, 2.05) is 0 Å². The van der Waals surface area contributed by atoms with Gasteiger partial charge in [0.1, 0.15) is 0 Å². The molecule has 0 aromatic rings. The van der Waals surface area contributed by atoms with E-state index in [1.54, 1.807) is 0 Å². The van der Waals surface area contributed by atoms with E-state index in [0.717, 1.165) is 17.9 Å². The summed E-state index contributed by atoms with van der Waals surface area (Å²) in [5.41, 5.74) is 0.553. The van der Waals surface area contributed by atoms with E-state index < -0.39 is 0 Å². The second kappa shape index (κ2) is 4.21. The quantitative estimate of drug-likeness (QED) is 0.650. The summed E-state index contributed by atoms with van der Waals surface area (Å²) in [5.74, 6) is 1.96. The lowest BCUT2D eigenvalue weighted by Crippen LogP contribution is -2.68. The number of fused-ring (bicyclic) bond motifs is 6. The molecule has 4 aliphatic rings. The van der Waals surface area contributed by atoms with Crippen molar-refractivity contribution >= 4 is 0 Å². The Kier molecular flexibility index (Phi) is 2.74. The van der Waals surface area contributed by atoms with Crippen molar-refractivity contribution in [2.75, 3.05) is 26.2 Å². The van der Waals surface area contributed by atoms with E-state index in [4.69, 9.17) is 0 Å². The molecule has 0 saturated carbocycles. The predicted octanol–water partition coefficient (Wildman–Crippen LogP) is 2.74. The fourth-order valence-electron chi connectivity index (χ4n) is 5.55. The molecule has 18 heavy (non-hydrogen) atoms. The van der Waals surface area contributed by atoms with Crippen LogP contribution in [0.5, 0.6) is 0 Å². The summed E-state index contributed by atoms with van der Waals surface area (Å²) in [5, 5.41) is 0. The standard InChI is InChI=1S/C16H28N2/c1-16-7-3-5-9-18(16)11-13-10-14(16)12-17-8-4-2-6-15(13)17/h13-15H,2-12H2,1H3. The molecule has 0 aromatic carbocycles. The maximum Gasteiger partial charge on any atom is 0.0222 e. The minimum Gasteiger partial charge on any atom is -0.300 e. The number of nitrogens with zero attached hydrogens (tertiary/aromatic N) is 2. The van der Waals surface area contributed by atoms with Crippen molar-refractivity contribution in [3.63, 3.8) is 0 Å². The molecule has 4 heterocycles. The Balaban J connectivity index is 1.61. The van der Waals surface area contributed by atoms with Crippen molar-refractivity contribution in [1.29, 1.82) is 0 Å². The Morgan fingerprint density at radius 1 is 1.00 bits per heavy atom. The SMILES string of the molecule is CC12CCCCN1CC1CC2CN2CCCCC12. The fourth-order valence-corrected chi connectivity index (χ4v) is 5.55. The first-order valence-electron chi connectivity index (χ1n) is 8.26. The van der Waals surface area contributed by atoms with E-state index in [2.05, 4.69) is 16.7 Å². The van der Waals surface area contributed by atoms with Crippen LogP contribution in [0.15, 0.2) is 0 Å². The second-order valence-electron chi connectivity index (χ2n) is 7.51. The highest BCUT2D eigenvalue weighted by Crippen LogP contribution is 2.48. The van der Waals surface area contributed by atoms with Crippen LogP contribution < -0.4 is 0 Å². The number of rotatable bonds is 0. The monoisotopic (exact) mass is 248 g/mol. The summed E-state index contributed by atoms with van der Waals surface area (Å²) >= 11 is 0. The van der Waals surface area contributed by atoms with Gasteiger partial charge in [-0.15, -0.1) is 0 Å². The van der Waals surface area contributed by atoms with Crippen molar-refractivity contribution in [3.05, 3.63) is 0 Å². The van der Waals surface area contributed by atoms with Crippen LogP contribution in [0.1, 0.15) is 51.9 Å². The summed E-state index contributed by atoms with van der Waals surface area (Å²) in [7, 11) is 0. The first kappa shape index (κ1) is 11.7. The Morgan fingerprint density at radius 3 is 2.83 bits per heavy atom. The molecule has 4 saturated heterocycles. The molecule has 4 rings (SSSR count). The van der Waals surface area contributed by atoms with Crippen LogP contribution in [0.2, 0.25) is 0 Å². The maximum atomic E-state index is 2.89. The highest BCUT2D eigenvalue weighted by Gasteiger charge is 2.52. The molecule has 4 aliphatic heterocycles. The molecule has 0 aliphatic carbocycles. The van der Waals surface area contributed by atoms with Crippen LogP contribution in [0, 0.1) is 11.8 Å². The molecule has 0 aromatic heterocycles. The molecule has 4 fully saturated rings. The molecule has 2 nitrogen and oxygen atoms in total. The van der Waals surface area contributed by atoms with Crippen LogP contribution in [0.25, 0.3) is 0 Å². The summed E-state index contributed by atoms with van der Waals surface area (Å²) in [6.45, 7) is 8.18. The van der Waals surface area contributed by atoms with Crippen LogP contribution in [-0.2, 0) is 0 Å². The number of hydrogen-bond donors (Lipinski definition) is 0. The Hall–Kier alpha value is -0.0800. The van der Waals surface area contributed by atoms with Gasteiger partial charge in [0.25, 0.3) is 0 Å². The molecule has 102 valence electrons. The van der Waals surface area contributed by atoms with Gasteiger partial charge in [0, 0.05) is 24.7 Å². The molecule has 0 radical (unpaired) electrons. The lowest BCUT2D eigenvalue weighted by Gasteiger charge is -2.62. The van der Waals surface area contributed by atoms with E-state index >= 15 is 0 Å². The molecule has 2 heteroatoms. The van der Waals surface area contributed by atoms with Gasteiger partial charge in [0.05, 0.1) is 0 Å². The average Bonchev–Trinajstić information content (AvgIpc) is 2.40. The summed E-state index contributed by atoms with van der Waals surface area (Å²) < 4.78 is 0. The highest BCUT2D eigenvalue weighted by molar-refractivity contribution is 5.06. The van der Waals surface area contributed by atoms with Gasteiger partial charge in [-0.25, -0.2) is 0 Å². The van der Waals surface area contributed by atoms with Gasteiger partial charge < -0.3 is 0 Å². The third-order valence-electron chi connectivity index (χ3n) is 6.67. The molecular weight excluding hydrogens is 220 g/mol. The van der Waals surface area contributed by atoms with E-state index in [-0.39, 0.29) is 0 Å². The van der Waals surface area contributed by atoms with Gasteiger partial charge in [-0.1, -0.05) is 12.8 Å². The maximum absolute atomic E-state index is 2.89. The van der Waals surface area contributed by atoms with Crippen molar-refractivity contribution in [1.82, 2.24) is 9.80 Å². The first-order chi connectivity index (χ1) is 8.77. The van der Waals surface area contributed by atoms with Gasteiger partial charge in [-0.2, -0.15) is 0 Å². The van der Waals surface area contributed by atoms with E-state index in [1.165, 1.54) is 71.1 Å². The first-order valence-corrected chi connectivity index (χ1v) is 8.26. The van der Waals surface area contributed by atoms with Crippen LogP contribution in [0.4, 0.5) is 0 Å². The van der Waals surface area contributed by atoms with Crippen molar-refractivity contribution in [2.24, 2.45) is 11.8 Å².